The van der Waals surface area contributed by atoms with Gasteiger partial charge in [0.15, 0.2) is 0 Å². The number of rotatable bonds is 8. The number of hydrogen-bond acceptors (Lipinski definition) is 8. The van der Waals surface area contributed by atoms with Gasteiger partial charge in [0.2, 0.25) is 0 Å². The molecule has 0 spiro atoms. The summed E-state index contributed by atoms with van der Waals surface area (Å²) in [5, 5.41) is 2.86. The van der Waals surface area contributed by atoms with E-state index in [4.69, 9.17) is 14.2 Å². The Hall–Kier alpha value is -4.05. The van der Waals surface area contributed by atoms with Gasteiger partial charge in [-0.2, -0.15) is 0 Å². The maximum absolute atomic E-state index is 13.6. The van der Waals surface area contributed by atoms with Crippen molar-refractivity contribution >= 4 is 35.7 Å². The number of fused-ring (bicyclic) bond motifs is 1. The van der Waals surface area contributed by atoms with Crippen LogP contribution in [0.4, 0.5) is 4.79 Å². The monoisotopic (exact) mass is 536 g/mol. The van der Waals surface area contributed by atoms with Gasteiger partial charge >= 0.3 is 18.0 Å². The third-order valence-corrected chi connectivity index (χ3v) is 7.15. The first kappa shape index (κ1) is 27.0. The summed E-state index contributed by atoms with van der Waals surface area (Å²) in [7, 11) is 0. The summed E-state index contributed by atoms with van der Waals surface area (Å²) in [6.07, 6.45) is -0.934. The van der Waals surface area contributed by atoms with Crippen LogP contribution >= 0.6 is 11.8 Å². The Kier molecular flexibility index (Phi) is 8.85. The summed E-state index contributed by atoms with van der Waals surface area (Å²) in [5.74, 6) is -1.49. The van der Waals surface area contributed by atoms with Crippen LogP contribution in [0.2, 0.25) is 0 Å². The van der Waals surface area contributed by atoms with Crippen molar-refractivity contribution in [2.75, 3.05) is 12.4 Å². The number of alkyl carbamates (subject to hydrolysis) is 1. The first-order valence-corrected chi connectivity index (χ1v) is 13.1. The average molecular weight is 537 g/mol. The Bertz CT molecular complexity index is 1270. The molecule has 0 fully saturated rings. The van der Waals surface area contributed by atoms with Gasteiger partial charge in [0.25, 0.3) is 5.91 Å². The Balaban J connectivity index is 1.59. The lowest BCUT2D eigenvalue weighted by Crippen LogP contribution is -2.53. The molecule has 0 bridgehead atoms. The first-order chi connectivity index (χ1) is 18.4. The van der Waals surface area contributed by atoms with Crippen LogP contribution in [0.5, 0.6) is 0 Å². The summed E-state index contributed by atoms with van der Waals surface area (Å²) in [6.45, 7) is 3.55. The number of ether oxygens (including phenoxy) is 3. The molecule has 0 aliphatic carbocycles. The van der Waals surface area contributed by atoms with E-state index in [1.165, 1.54) is 16.7 Å². The average Bonchev–Trinajstić information content (AvgIpc) is 2.93. The van der Waals surface area contributed by atoms with Gasteiger partial charge in [-0.25, -0.2) is 14.4 Å². The van der Waals surface area contributed by atoms with Crippen LogP contribution in [0.1, 0.15) is 31.4 Å². The van der Waals surface area contributed by atoms with Crippen molar-refractivity contribution in [1.29, 1.82) is 0 Å². The molecule has 9 nitrogen and oxygen atoms in total. The molecular weight excluding hydrogens is 508 g/mol. The fourth-order valence-corrected chi connectivity index (χ4v) is 5.18. The number of amides is 2. The van der Waals surface area contributed by atoms with Crippen LogP contribution in [-0.4, -0.2) is 47.2 Å². The standard InChI is InChI=1S/C28H28N2O7S/c1-3-35-27(33)23-18(2)17-38-25-21(26(32)36-15-19-10-6-4-7-11-19)14-22(24(31)30(23)25)29-28(34)37-16-20-12-8-5-9-13-20/h4-13,22H,3,14-17H2,1-2H3,(H,29,34). The molecule has 0 saturated carbocycles. The number of nitrogens with one attached hydrogen (secondary N) is 1. The third-order valence-electron chi connectivity index (χ3n) is 5.87. The van der Waals surface area contributed by atoms with Crippen molar-refractivity contribution in [2.24, 2.45) is 0 Å². The Morgan fingerprint density at radius 2 is 1.53 bits per heavy atom. The maximum atomic E-state index is 13.6. The van der Waals surface area contributed by atoms with E-state index in [-0.39, 0.29) is 37.5 Å². The number of esters is 2. The smallest absolute Gasteiger partial charge is 0.408 e. The third kappa shape index (κ3) is 6.25. The molecule has 38 heavy (non-hydrogen) atoms. The van der Waals surface area contributed by atoms with Crippen molar-refractivity contribution in [2.45, 2.75) is 39.5 Å². The molecule has 198 valence electrons. The normalized spacial score (nSPS) is 17.1. The lowest BCUT2D eigenvalue weighted by Gasteiger charge is -2.38. The second-order valence-electron chi connectivity index (χ2n) is 8.62. The predicted molar refractivity (Wildman–Crippen MR) is 140 cm³/mol. The number of thioether (sulfide) groups is 1. The molecule has 0 saturated heterocycles. The van der Waals surface area contributed by atoms with Gasteiger partial charge in [-0.05, 0) is 30.5 Å². The molecule has 2 aliphatic heterocycles. The minimum Gasteiger partial charge on any atom is -0.461 e. The van der Waals surface area contributed by atoms with Crippen LogP contribution in [-0.2, 0) is 41.8 Å². The van der Waals surface area contributed by atoms with E-state index in [0.29, 0.717) is 16.4 Å². The van der Waals surface area contributed by atoms with E-state index in [2.05, 4.69) is 5.32 Å². The minimum atomic E-state index is -1.16. The lowest BCUT2D eigenvalue weighted by molar-refractivity contribution is -0.145. The zero-order valence-corrected chi connectivity index (χ0v) is 21.9. The molecule has 2 aromatic rings. The Morgan fingerprint density at radius 1 is 0.921 bits per heavy atom. The molecule has 2 aromatic carbocycles. The topological polar surface area (TPSA) is 111 Å². The molecule has 2 heterocycles. The molecule has 1 atom stereocenters. The van der Waals surface area contributed by atoms with E-state index < -0.39 is 30.0 Å². The fraction of sp³-hybridized carbons (Fsp3) is 0.286. The minimum absolute atomic E-state index is 0.00724. The highest BCUT2D eigenvalue weighted by Gasteiger charge is 2.44. The highest BCUT2D eigenvalue weighted by atomic mass is 32.2. The van der Waals surface area contributed by atoms with Crippen molar-refractivity contribution < 1.29 is 33.4 Å². The van der Waals surface area contributed by atoms with E-state index in [0.717, 1.165) is 11.1 Å². The number of benzene rings is 2. The number of carbonyl (C=O) groups excluding carboxylic acids is 4. The van der Waals surface area contributed by atoms with Gasteiger partial charge in [-0.1, -0.05) is 60.7 Å². The van der Waals surface area contributed by atoms with Crippen LogP contribution in [0.3, 0.4) is 0 Å². The summed E-state index contributed by atoms with van der Waals surface area (Å²) >= 11 is 1.26. The largest absolute Gasteiger partial charge is 0.461 e. The molecule has 10 heteroatoms. The van der Waals surface area contributed by atoms with Crippen molar-refractivity contribution in [3.63, 3.8) is 0 Å². The van der Waals surface area contributed by atoms with E-state index in [1.54, 1.807) is 26.0 Å². The van der Waals surface area contributed by atoms with Crippen molar-refractivity contribution in [1.82, 2.24) is 10.2 Å². The summed E-state index contributed by atoms with van der Waals surface area (Å²) < 4.78 is 16.0. The molecule has 1 unspecified atom stereocenters. The summed E-state index contributed by atoms with van der Waals surface area (Å²) in [6, 6.07) is 17.1. The second-order valence-corrected chi connectivity index (χ2v) is 9.58. The van der Waals surface area contributed by atoms with Crippen LogP contribution in [0, 0.1) is 0 Å². The SMILES string of the molecule is CCOC(=O)C1=C(C)CSC2=C(C(=O)OCc3ccccc3)CC(NC(=O)OCc3ccccc3)C(=O)N21. The predicted octanol–water partition coefficient (Wildman–Crippen LogP) is 4.05. The molecule has 1 N–H and O–H groups in total. The fourth-order valence-electron chi connectivity index (χ4n) is 4.03. The highest BCUT2D eigenvalue weighted by molar-refractivity contribution is 8.03. The van der Waals surface area contributed by atoms with Gasteiger partial charge in [-0.3, -0.25) is 9.69 Å². The Labute approximate surface area is 224 Å². The van der Waals surface area contributed by atoms with Crippen molar-refractivity contribution in [3.05, 3.63) is 93.7 Å². The number of hydrogen-bond donors (Lipinski definition) is 1. The number of nitrogens with zero attached hydrogens (tertiary/aromatic N) is 1. The molecule has 2 amide bonds. The van der Waals surface area contributed by atoms with Crippen LogP contribution < -0.4 is 5.32 Å². The van der Waals surface area contributed by atoms with Gasteiger partial charge in [-0.15, -0.1) is 11.8 Å². The zero-order valence-electron chi connectivity index (χ0n) is 21.1. The van der Waals surface area contributed by atoms with E-state index >= 15 is 0 Å². The second kappa shape index (κ2) is 12.5. The van der Waals surface area contributed by atoms with E-state index in [1.807, 2.05) is 48.5 Å². The van der Waals surface area contributed by atoms with Crippen molar-refractivity contribution in [3.8, 4) is 0 Å². The Morgan fingerprint density at radius 3 is 2.13 bits per heavy atom. The first-order valence-electron chi connectivity index (χ1n) is 12.1. The van der Waals surface area contributed by atoms with Gasteiger partial charge in [0.1, 0.15) is 25.0 Å². The molecule has 2 aliphatic rings. The summed E-state index contributed by atoms with van der Waals surface area (Å²) in [4.78, 5) is 53.5. The van der Waals surface area contributed by atoms with Gasteiger partial charge < -0.3 is 19.5 Å². The molecule has 4 rings (SSSR count). The summed E-state index contributed by atoms with van der Waals surface area (Å²) in [5.41, 5.74) is 2.43. The van der Waals surface area contributed by atoms with Gasteiger partial charge in [0.05, 0.1) is 17.2 Å². The molecular formula is C28H28N2O7S. The van der Waals surface area contributed by atoms with Crippen LogP contribution in [0.15, 0.2) is 82.5 Å². The maximum Gasteiger partial charge on any atom is 0.408 e. The van der Waals surface area contributed by atoms with Crippen LogP contribution in [0.25, 0.3) is 0 Å². The van der Waals surface area contributed by atoms with Gasteiger partial charge in [0, 0.05) is 12.2 Å². The van der Waals surface area contributed by atoms with E-state index in [9.17, 15) is 19.2 Å². The quantitative estimate of drug-likeness (QED) is 0.397. The highest BCUT2D eigenvalue weighted by Crippen LogP contribution is 2.41. The lowest BCUT2D eigenvalue weighted by atomic mass is 10.00. The zero-order chi connectivity index (χ0) is 27.1. The number of carbonyl (C=O) groups is 4. The molecule has 0 aromatic heterocycles. The molecule has 0 radical (unpaired) electrons.